The first-order chi connectivity index (χ1) is 29.5. The molecule has 6 heteroatoms. The SMILES string of the molecule is Cc1ccc2c(c1C)C[C@]1(C)N(c3c(C)c(C)cc(C)c3C)C(c3[c-]c(Oc4[c-]c5c(cc4)c4cc(C(C)(C)C)ccc4n5-c4cc(C(C)(C)C)ccn4)cc(C(C)C)c3)=N[C@]21C.[Pt+2]. The Kier molecular flexibility index (Phi) is 11.1. The van der Waals surface area contributed by atoms with Crippen molar-refractivity contribution < 1.29 is 25.8 Å². The second-order valence-electron chi connectivity index (χ2n) is 21.4. The van der Waals surface area contributed by atoms with Crippen molar-refractivity contribution in [3.05, 3.63) is 158 Å². The summed E-state index contributed by atoms with van der Waals surface area (Å²) in [5.74, 6) is 3.31. The van der Waals surface area contributed by atoms with E-state index in [1.54, 1.807) is 0 Å². The zero-order valence-electron chi connectivity index (χ0n) is 40.8. The van der Waals surface area contributed by atoms with E-state index in [-0.39, 0.29) is 43.4 Å². The topological polar surface area (TPSA) is 42.6 Å². The van der Waals surface area contributed by atoms with Crippen LogP contribution in [0, 0.1) is 53.7 Å². The Morgan fingerprint density at radius 1 is 0.688 bits per heavy atom. The molecule has 3 heterocycles. The quantitative estimate of drug-likeness (QED) is 0.156. The van der Waals surface area contributed by atoms with Gasteiger partial charge < -0.3 is 19.2 Å². The molecule has 1 aliphatic heterocycles. The van der Waals surface area contributed by atoms with Crippen LogP contribution in [0.3, 0.4) is 0 Å². The number of amidine groups is 1. The molecule has 0 fully saturated rings. The first-order valence-electron chi connectivity index (χ1n) is 22.8. The molecule has 1 aliphatic carbocycles. The van der Waals surface area contributed by atoms with Crippen LogP contribution in [0.15, 0.2) is 84.0 Å². The number of aromatic nitrogens is 2. The molecule has 0 amide bonds. The van der Waals surface area contributed by atoms with Gasteiger partial charge in [-0.25, -0.2) is 4.98 Å². The molecule has 0 bridgehead atoms. The maximum atomic E-state index is 6.96. The van der Waals surface area contributed by atoms with Gasteiger partial charge in [-0.1, -0.05) is 103 Å². The average molecular weight is 1030 g/mol. The zero-order chi connectivity index (χ0) is 45.3. The maximum Gasteiger partial charge on any atom is 2.00 e. The number of ether oxygens (including phenoxy) is 1. The van der Waals surface area contributed by atoms with E-state index in [2.05, 4.69) is 205 Å². The predicted molar refractivity (Wildman–Crippen MR) is 264 cm³/mol. The van der Waals surface area contributed by atoms with Crippen LogP contribution in [0.4, 0.5) is 5.69 Å². The van der Waals surface area contributed by atoms with Crippen LogP contribution >= 0.6 is 0 Å². The van der Waals surface area contributed by atoms with Gasteiger partial charge in [0.25, 0.3) is 0 Å². The standard InChI is InChI=1S/C58H64N4O.Pt/c1-33(2)40-26-41(54-60-58(16)49-21-17-34(3)37(6)48(49)32-57(58,15)62(54)53-38(7)35(4)25-36(5)39(53)8)28-45(27-40)63-44-19-20-46-47-29-42(55(9,10)11)18-22-50(47)61(51(46)31-44)52-30-43(23-24-59-52)56(12,13)14;/h17-27,29-30,33H,32H2,1-16H3;/q-2;+2/t57-,58+;/m0./s1. The Labute approximate surface area is 396 Å². The van der Waals surface area contributed by atoms with Crippen molar-refractivity contribution in [2.45, 2.75) is 145 Å². The van der Waals surface area contributed by atoms with Crippen LogP contribution in [-0.4, -0.2) is 20.9 Å². The zero-order valence-corrected chi connectivity index (χ0v) is 43.1. The summed E-state index contributed by atoms with van der Waals surface area (Å²) in [5.41, 5.74) is 17.6. The van der Waals surface area contributed by atoms with Crippen molar-refractivity contribution in [1.29, 1.82) is 0 Å². The van der Waals surface area contributed by atoms with Crippen molar-refractivity contribution >= 4 is 33.3 Å². The summed E-state index contributed by atoms with van der Waals surface area (Å²) in [5, 5.41) is 2.29. The third kappa shape index (κ3) is 7.07. The summed E-state index contributed by atoms with van der Waals surface area (Å²) in [6.45, 7) is 36.4. The Balaban J connectivity index is 0.00000560. The molecule has 0 spiro atoms. The van der Waals surface area contributed by atoms with Crippen molar-refractivity contribution in [3.8, 4) is 17.3 Å². The largest absolute Gasteiger partial charge is 2.00 e. The average Bonchev–Trinajstić information content (AvgIpc) is 3.75. The number of aryl methyl sites for hydroxylation is 3. The monoisotopic (exact) mass is 1030 g/mol. The summed E-state index contributed by atoms with van der Waals surface area (Å²) in [4.78, 5) is 13.4. The number of fused-ring (bicyclic) bond motifs is 6. The van der Waals surface area contributed by atoms with Crippen LogP contribution in [0.25, 0.3) is 27.6 Å². The molecular formula is C58H64N4OPt. The molecule has 2 aromatic heterocycles. The third-order valence-electron chi connectivity index (χ3n) is 14.9. The van der Waals surface area contributed by atoms with Crippen molar-refractivity contribution in [2.75, 3.05) is 4.90 Å². The molecule has 0 unspecified atom stereocenters. The summed E-state index contributed by atoms with van der Waals surface area (Å²) in [6, 6.07) is 34.3. The van der Waals surface area contributed by atoms with E-state index >= 15 is 0 Å². The molecule has 2 aliphatic rings. The molecule has 64 heavy (non-hydrogen) atoms. The summed E-state index contributed by atoms with van der Waals surface area (Å²) in [7, 11) is 0. The summed E-state index contributed by atoms with van der Waals surface area (Å²) in [6.07, 6.45) is 2.82. The van der Waals surface area contributed by atoms with Gasteiger partial charge in [-0.3, -0.25) is 0 Å². The van der Waals surface area contributed by atoms with E-state index in [0.717, 1.165) is 40.1 Å². The third-order valence-corrected chi connectivity index (χ3v) is 14.9. The van der Waals surface area contributed by atoms with Gasteiger partial charge >= 0.3 is 21.1 Å². The second kappa shape index (κ2) is 15.6. The fourth-order valence-electron chi connectivity index (χ4n) is 10.3. The number of aliphatic imine (C=N–C) groups is 1. The fraction of sp³-hybridized carbons (Fsp3) is 0.379. The van der Waals surface area contributed by atoms with Gasteiger partial charge in [-0.2, -0.15) is 6.07 Å². The number of nitrogens with zero attached hydrogens (tertiary/aromatic N) is 4. The van der Waals surface area contributed by atoms with Gasteiger partial charge in [-0.15, -0.1) is 34.7 Å². The van der Waals surface area contributed by atoms with Gasteiger partial charge in [0.1, 0.15) is 5.82 Å². The predicted octanol–water partition coefficient (Wildman–Crippen LogP) is 14.6. The van der Waals surface area contributed by atoms with Crippen molar-refractivity contribution in [2.24, 2.45) is 4.99 Å². The van der Waals surface area contributed by atoms with Gasteiger partial charge in [0.15, 0.2) is 0 Å². The van der Waals surface area contributed by atoms with Crippen LogP contribution in [0.1, 0.15) is 142 Å². The molecule has 0 saturated heterocycles. The van der Waals surface area contributed by atoms with Gasteiger partial charge in [0.2, 0.25) is 0 Å². The molecule has 7 aromatic rings. The van der Waals surface area contributed by atoms with Crippen LogP contribution < -0.4 is 9.64 Å². The minimum absolute atomic E-state index is 0. The number of hydrogen-bond acceptors (Lipinski definition) is 4. The van der Waals surface area contributed by atoms with E-state index in [9.17, 15) is 0 Å². The van der Waals surface area contributed by atoms with Crippen molar-refractivity contribution in [3.63, 3.8) is 0 Å². The molecule has 5 aromatic carbocycles. The Bertz CT molecular complexity index is 3040. The number of rotatable bonds is 6. The fourth-order valence-corrected chi connectivity index (χ4v) is 10.3. The van der Waals surface area contributed by atoms with Gasteiger partial charge in [-0.05, 0) is 158 Å². The first kappa shape index (κ1) is 45.6. The molecule has 0 N–H and O–H groups in total. The summed E-state index contributed by atoms with van der Waals surface area (Å²) >= 11 is 0. The molecule has 9 rings (SSSR count). The Hall–Kier alpha value is -4.99. The van der Waals surface area contributed by atoms with Gasteiger partial charge in [0.05, 0.1) is 16.9 Å². The smallest absolute Gasteiger partial charge is 0.503 e. The number of anilines is 1. The van der Waals surface area contributed by atoms with Crippen molar-refractivity contribution in [1.82, 2.24) is 9.55 Å². The minimum atomic E-state index is -0.493. The minimum Gasteiger partial charge on any atom is -0.503 e. The Morgan fingerprint density at radius 2 is 1.36 bits per heavy atom. The molecule has 2 atom stereocenters. The molecule has 332 valence electrons. The van der Waals surface area contributed by atoms with E-state index in [4.69, 9.17) is 14.7 Å². The molecule has 0 saturated carbocycles. The van der Waals surface area contributed by atoms with E-state index in [1.165, 1.54) is 72.3 Å². The van der Waals surface area contributed by atoms with E-state index in [1.807, 2.05) is 6.20 Å². The molecule has 5 nitrogen and oxygen atoms in total. The van der Waals surface area contributed by atoms with Crippen LogP contribution in [0.2, 0.25) is 0 Å². The molecular weight excluding hydrogens is 964 g/mol. The van der Waals surface area contributed by atoms with Gasteiger partial charge in [0, 0.05) is 28.9 Å². The van der Waals surface area contributed by atoms with E-state index < -0.39 is 5.54 Å². The maximum absolute atomic E-state index is 6.96. The van der Waals surface area contributed by atoms with E-state index in [0.29, 0.717) is 11.5 Å². The normalized spacial score (nSPS) is 18.5. The second-order valence-corrected chi connectivity index (χ2v) is 21.4. The van der Waals surface area contributed by atoms with Crippen LogP contribution in [-0.2, 0) is 43.9 Å². The summed E-state index contributed by atoms with van der Waals surface area (Å²) < 4.78 is 9.21. The first-order valence-corrected chi connectivity index (χ1v) is 22.8. The number of benzene rings is 5. The molecule has 0 radical (unpaired) electrons. The number of hydrogen-bond donors (Lipinski definition) is 0. The van der Waals surface area contributed by atoms with Crippen LogP contribution in [0.5, 0.6) is 11.5 Å². The Morgan fingerprint density at radius 3 is 2.02 bits per heavy atom. The number of pyridine rings is 1.